The minimum Gasteiger partial charge on any atom is -0.462 e. The SMILES string of the molecule is CC/C=C\C/C=C\C/C=C\CCCCCCCC(=O)O[C@H](COC(=O)CCCCCCCCCCCCCCCCCCC)COP(=O)(O)OC1C(O)C(O)C(O)[C@@H](O)C1O. The van der Waals surface area contributed by atoms with Gasteiger partial charge in [-0.2, -0.15) is 0 Å². The molecule has 6 N–H and O–H groups in total. The first kappa shape index (κ1) is 57.1. The maximum atomic E-state index is 12.8. The van der Waals surface area contributed by atoms with Crippen LogP contribution in [0.3, 0.4) is 0 Å². The molecule has 0 radical (unpaired) electrons. The van der Waals surface area contributed by atoms with Crippen LogP contribution in [0.15, 0.2) is 36.5 Å². The van der Waals surface area contributed by atoms with E-state index in [2.05, 4.69) is 50.3 Å². The molecule has 0 aromatic rings. The molecule has 1 aliphatic carbocycles. The topological polar surface area (TPSA) is 210 Å². The molecule has 1 aliphatic rings. The summed E-state index contributed by atoms with van der Waals surface area (Å²) in [6.07, 6.45) is 29.1. The van der Waals surface area contributed by atoms with Crippen molar-refractivity contribution in [2.24, 2.45) is 0 Å². The largest absolute Gasteiger partial charge is 0.472 e. The van der Waals surface area contributed by atoms with E-state index in [0.717, 1.165) is 70.6 Å². The number of ether oxygens (including phenoxy) is 2. The average Bonchev–Trinajstić information content (AvgIpc) is 3.24. The lowest BCUT2D eigenvalue weighted by Gasteiger charge is -2.41. The van der Waals surface area contributed by atoms with Crippen LogP contribution in [0, 0.1) is 0 Å². The first-order chi connectivity index (χ1) is 29.4. The molecule has 1 saturated carbocycles. The molecule has 0 amide bonds. The molecule has 8 atom stereocenters. The van der Waals surface area contributed by atoms with Gasteiger partial charge in [-0.15, -0.1) is 0 Å². The first-order valence-electron chi connectivity index (χ1n) is 23.8. The van der Waals surface area contributed by atoms with Gasteiger partial charge in [0, 0.05) is 12.8 Å². The fourth-order valence-corrected chi connectivity index (χ4v) is 8.16. The summed E-state index contributed by atoms with van der Waals surface area (Å²) in [5.41, 5.74) is 0. The number of phosphoric ester groups is 1. The predicted octanol–water partition coefficient (Wildman–Crippen LogP) is 9.39. The van der Waals surface area contributed by atoms with Crippen LogP contribution in [-0.4, -0.2) is 98.3 Å². The number of aliphatic hydroxyl groups is 5. The molecule has 0 spiro atoms. The van der Waals surface area contributed by atoms with Crippen molar-refractivity contribution in [1.29, 1.82) is 0 Å². The van der Waals surface area contributed by atoms with E-state index in [1.807, 2.05) is 0 Å². The van der Waals surface area contributed by atoms with E-state index >= 15 is 0 Å². The van der Waals surface area contributed by atoms with E-state index in [4.69, 9.17) is 18.5 Å². The number of allylic oxidation sites excluding steroid dienone is 6. The quantitative estimate of drug-likeness (QED) is 0.0147. The molecule has 0 saturated heterocycles. The van der Waals surface area contributed by atoms with Crippen LogP contribution < -0.4 is 0 Å². The third-order valence-corrected chi connectivity index (χ3v) is 12.0. The monoisotopic (exact) mass is 889 g/mol. The lowest BCUT2D eigenvalue weighted by Crippen LogP contribution is -2.64. The van der Waals surface area contributed by atoms with Crippen molar-refractivity contribution in [3.05, 3.63) is 36.5 Å². The Kier molecular flexibility index (Phi) is 35.0. The lowest BCUT2D eigenvalue weighted by atomic mass is 9.85. The fraction of sp³-hybridized carbons (Fsp3) is 0.830. The third-order valence-electron chi connectivity index (χ3n) is 11.0. The molecule has 0 bridgehead atoms. The predicted molar refractivity (Wildman–Crippen MR) is 240 cm³/mol. The van der Waals surface area contributed by atoms with Gasteiger partial charge in [0.15, 0.2) is 6.10 Å². The zero-order chi connectivity index (χ0) is 45.0. The number of phosphoric acid groups is 1. The van der Waals surface area contributed by atoms with E-state index in [9.17, 15) is 44.6 Å². The van der Waals surface area contributed by atoms with Gasteiger partial charge in [0.2, 0.25) is 0 Å². The second kappa shape index (κ2) is 37.4. The number of unbranched alkanes of at least 4 members (excludes halogenated alkanes) is 21. The third kappa shape index (κ3) is 30.0. The second-order valence-electron chi connectivity index (χ2n) is 16.6. The van der Waals surface area contributed by atoms with Crippen molar-refractivity contribution in [3.63, 3.8) is 0 Å². The van der Waals surface area contributed by atoms with E-state index in [-0.39, 0.29) is 12.8 Å². The van der Waals surface area contributed by atoms with Crippen molar-refractivity contribution < 1.29 is 63.1 Å². The molecule has 14 heteroatoms. The molecule has 0 heterocycles. The Bertz CT molecular complexity index is 1210. The van der Waals surface area contributed by atoms with Gasteiger partial charge in [0.05, 0.1) is 6.61 Å². The number of carbonyl (C=O) groups is 2. The lowest BCUT2D eigenvalue weighted by molar-refractivity contribution is -0.220. The molecule has 356 valence electrons. The zero-order valence-corrected chi connectivity index (χ0v) is 38.6. The molecule has 13 nitrogen and oxygen atoms in total. The minimum absolute atomic E-state index is 0.0786. The maximum absolute atomic E-state index is 12.8. The van der Waals surface area contributed by atoms with Crippen molar-refractivity contribution in [3.8, 4) is 0 Å². The minimum atomic E-state index is -5.12. The van der Waals surface area contributed by atoms with Crippen LogP contribution in [0.5, 0.6) is 0 Å². The summed E-state index contributed by atoms with van der Waals surface area (Å²) < 4.78 is 33.5. The van der Waals surface area contributed by atoms with Gasteiger partial charge in [-0.25, -0.2) is 4.57 Å². The van der Waals surface area contributed by atoms with Gasteiger partial charge in [0.1, 0.15) is 43.2 Å². The number of carbonyl (C=O) groups excluding carboxylic acids is 2. The molecule has 0 aromatic carbocycles. The number of esters is 2. The van der Waals surface area contributed by atoms with Gasteiger partial charge in [0.25, 0.3) is 0 Å². The highest BCUT2D eigenvalue weighted by atomic mass is 31.2. The van der Waals surface area contributed by atoms with Gasteiger partial charge >= 0.3 is 19.8 Å². The van der Waals surface area contributed by atoms with Gasteiger partial charge < -0.3 is 39.9 Å². The number of hydrogen-bond acceptors (Lipinski definition) is 12. The molecule has 0 aromatic heterocycles. The van der Waals surface area contributed by atoms with Gasteiger partial charge in [-0.1, -0.05) is 172 Å². The van der Waals surface area contributed by atoms with E-state index in [1.54, 1.807) is 0 Å². The molecule has 61 heavy (non-hydrogen) atoms. The summed E-state index contributed by atoms with van der Waals surface area (Å²) in [7, 11) is -5.12. The van der Waals surface area contributed by atoms with E-state index in [0.29, 0.717) is 12.8 Å². The van der Waals surface area contributed by atoms with Crippen LogP contribution in [-0.2, 0) is 32.7 Å². The van der Waals surface area contributed by atoms with Crippen molar-refractivity contribution in [2.75, 3.05) is 13.2 Å². The summed E-state index contributed by atoms with van der Waals surface area (Å²) in [5.74, 6) is -1.11. The highest BCUT2D eigenvalue weighted by Gasteiger charge is 2.51. The standard InChI is InChI=1S/C47H85O13P/c1-3-5-7-9-11-13-15-17-19-20-22-23-25-27-29-31-33-35-40(48)57-37-39(38-58-61(55,56)60-47-45(53)43(51)42(50)44(52)46(47)54)59-41(49)36-34-32-30-28-26-24-21-18-16-14-12-10-8-6-4-2/h6,8,12,14,18,21,39,42-47,50-54H,3-5,7,9-11,13,15-17,19-20,22-38H2,1-2H3,(H,55,56)/b8-6-,14-12-,21-18-/t39-,42?,43-,44?,45?,46?,47?/m1/s1. The number of rotatable bonds is 39. The van der Waals surface area contributed by atoms with Gasteiger partial charge in [-0.05, 0) is 44.9 Å². The Hall–Kier alpha value is -1.93. The number of aliphatic hydroxyl groups excluding tert-OH is 5. The fourth-order valence-electron chi connectivity index (χ4n) is 7.18. The highest BCUT2D eigenvalue weighted by molar-refractivity contribution is 7.47. The van der Waals surface area contributed by atoms with Crippen LogP contribution >= 0.6 is 7.82 Å². The summed E-state index contributed by atoms with van der Waals surface area (Å²) in [4.78, 5) is 35.7. The van der Waals surface area contributed by atoms with Crippen LogP contribution in [0.2, 0.25) is 0 Å². The Morgan fingerprint density at radius 2 is 0.934 bits per heavy atom. The zero-order valence-electron chi connectivity index (χ0n) is 37.7. The Morgan fingerprint density at radius 1 is 0.525 bits per heavy atom. The Morgan fingerprint density at radius 3 is 1.43 bits per heavy atom. The van der Waals surface area contributed by atoms with Crippen molar-refractivity contribution >= 4 is 19.8 Å². The summed E-state index contributed by atoms with van der Waals surface area (Å²) >= 11 is 0. The highest BCUT2D eigenvalue weighted by Crippen LogP contribution is 2.47. The van der Waals surface area contributed by atoms with Crippen LogP contribution in [0.25, 0.3) is 0 Å². The Labute approximate surface area is 368 Å². The van der Waals surface area contributed by atoms with Crippen LogP contribution in [0.4, 0.5) is 0 Å². The molecular weight excluding hydrogens is 803 g/mol. The normalized spacial score (nSPS) is 22.3. The molecule has 1 fully saturated rings. The molecular formula is C47H85O13P. The maximum Gasteiger partial charge on any atom is 0.472 e. The summed E-state index contributed by atoms with van der Waals surface area (Å²) in [5, 5.41) is 50.2. The molecule has 1 rings (SSSR count). The molecule has 6 unspecified atom stereocenters. The molecule has 0 aliphatic heterocycles. The Balaban J connectivity index is 2.44. The van der Waals surface area contributed by atoms with Crippen molar-refractivity contribution in [1.82, 2.24) is 0 Å². The second-order valence-corrected chi connectivity index (χ2v) is 18.0. The summed E-state index contributed by atoms with van der Waals surface area (Å²) in [6, 6.07) is 0. The van der Waals surface area contributed by atoms with Crippen LogP contribution in [0.1, 0.15) is 194 Å². The average molecular weight is 889 g/mol. The van der Waals surface area contributed by atoms with Crippen molar-refractivity contribution in [2.45, 2.75) is 236 Å². The van der Waals surface area contributed by atoms with Gasteiger partial charge in [-0.3, -0.25) is 18.6 Å². The van der Waals surface area contributed by atoms with E-state index in [1.165, 1.54) is 83.5 Å². The van der Waals surface area contributed by atoms with E-state index < -0.39 is 75.7 Å². The number of hydrogen-bond donors (Lipinski definition) is 6. The summed E-state index contributed by atoms with van der Waals surface area (Å²) in [6.45, 7) is 3.19. The first-order valence-corrected chi connectivity index (χ1v) is 25.3. The smallest absolute Gasteiger partial charge is 0.462 e.